The number of nitrogens with zero attached hydrogens (tertiary/aromatic N) is 2. The summed E-state index contributed by atoms with van der Waals surface area (Å²) in [6, 6.07) is 36.9. The minimum atomic E-state index is -4.03. The standard InChI is InChI=1S/C37H35N3O5S/c1-4-45-32-20-14-29(15-21-32)38-46(42,43)33-22-23-35-34(24-33)37(41)40(30-16-10-26(2)11-17-30)36(28-12-18-31(44-3)19-13-28)39(35)25-27-8-6-5-7-9-27/h5-24,36,38H,4,25H2,1-3H3/t36-/m1/s1. The van der Waals surface area contributed by atoms with Crippen LogP contribution >= 0.6 is 0 Å². The average Bonchev–Trinajstić information content (AvgIpc) is 3.07. The molecular weight excluding hydrogens is 598 g/mol. The molecule has 0 spiro atoms. The van der Waals surface area contributed by atoms with Crippen molar-refractivity contribution in [2.45, 2.75) is 31.5 Å². The van der Waals surface area contributed by atoms with Crippen molar-refractivity contribution in [2.24, 2.45) is 0 Å². The molecule has 0 unspecified atom stereocenters. The highest BCUT2D eigenvalue weighted by Gasteiger charge is 2.40. The predicted octanol–water partition coefficient (Wildman–Crippen LogP) is 7.57. The van der Waals surface area contributed by atoms with Gasteiger partial charge in [-0.15, -0.1) is 0 Å². The van der Waals surface area contributed by atoms with E-state index in [2.05, 4.69) is 9.62 Å². The van der Waals surface area contributed by atoms with Crippen molar-refractivity contribution >= 4 is 33.0 Å². The molecule has 9 heteroatoms. The van der Waals surface area contributed by atoms with Crippen LogP contribution in [-0.2, 0) is 16.6 Å². The van der Waals surface area contributed by atoms with E-state index in [0.29, 0.717) is 41.7 Å². The van der Waals surface area contributed by atoms with Crippen molar-refractivity contribution < 1.29 is 22.7 Å². The Balaban J connectivity index is 1.48. The first-order valence-corrected chi connectivity index (χ1v) is 16.5. The van der Waals surface area contributed by atoms with Gasteiger partial charge in [-0.05, 0) is 91.7 Å². The smallest absolute Gasteiger partial charge is 0.262 e. The predicted molar refractivity (Wildman–Crippen MR) is 181 cm³/mol. The van der Waals surface area contributed by atoms with Crippen LogP contribution in [0.1, 0.15) is 40.1 Å². The van der Waals surface area contributed by atoms with E-state index in [0.717, 1.165) is 16.7 Å². The first-order valence-electron chi connectivity index (χ1n) is 15.0. The number of benzene rings is 5. The molecule has 1 amide bonds. The molecule has 46 heavy (non-hydrogen) atoms. The van der Waals surface area contributed by atoms with Gasteiger partial charge in [0.05, 0.1) is 29.9 Å². The van der Waals surface area contributed by atoms with Crippen LogP contribution in [0.3, 0.4) is 0 Å². The number of sulfonamides is 1. The van der Waals surface area contributed by atoms with Crippen LogP contribution < -0.4 is 24.0 Å². The van der Waals surface area contributed by atoms with Crippen LogP contribution in [0.15, 0.2) is 126 Å². The second-order valence-electron chi connectivity index (χ2n) is 11.0. The summed E-state index contributed by atoms with van der Waals surface area (Å²) in [6.07, 6.45) is -0.529. The number of anilines is 3. The fourth-order valence-electron chi connectivity index (χ4n) is 5.64. The summed E-state index contributed by atoms with van der Waals surface area (Å²) in [5, 5.41) is 0. The second-order valence-corrected chi connectivity index (χ2v) is 12.7. The van der Waals surface area contributed by atoms with Crippen LogP contribution in [0.25, 0.3) is 0 Å². The van der Waals surface area contributed by atoms with E-state index >= 15 is 0 Å². The Morgan fingerprint density at radius 2 is 1.48 bits per heavy atom. The molecule has 1 N–H and O–H groups in total. The molecule has 8 nitrogen and oxygen atoms in total. The molecule has 0 radical (unpaired) electrons. The van der Waals surface area contributed by atoms with E-state index in [1.165, 1.54) is 6.07 Å². The van der Waals surface area contributed by atoms with Crippen LogP contribution in [0.2, 0.25) is 0 Å². The number of methoxy groups -OCH3 is 1. The van der Waals surface area contributed by atoms with Gasteiger partial charge in [0.25, 0.3) is 15.9 Å². The topological polar surface area (TPSA) is 88.2 Å². The van der Waals surface area contributed by atoms with Crippen LogP contribution in [0.5, 0.6) is 11.5 Å². The van der Waals surface area contributed by atoms with E-state index in [9.17, 15) is 13.2 Å². The van der Waals surface area contributed by atoms with Gasteiger partial charge < -0.3 is 14.4 Å². The SMILES string of the molecule is CCOc1ccc(NS(=O)(=O)c2ccc3c(c2)C(=O)N(c2ccc(C)cc2)[C@H](c2ccc(OC)cc2)N3Cc2ccccc2)cc1. The number of hydrogen-bond donors (Lipinski definition) is 1. The van der Waals surface area contributed by atoms with Crippen molar-refractivity contribution in [1.29, 1.82) is 0 Å². The van der Waals surface area contributed by atoms with Gasteiger partial charge in [0.1, 0.15) is 17.7 Å². The maximum Gasteiger partial charge on any atom is 0.262 e. The normalized spacial score (nSPS) is 14.5. The first-order chi connectivity index (χ1) is 22.3. The molecule has 1 aliphatic heterocycles. The number of aryl methyl sites for hydroxylation is 1. The van der Waals surface area contributed by atoms with Crippen LogP contribution in [-0.4, -0.2) is 28.0 Å². The quantitative estimate of drug-likeness (QED) is 0.171. The third kappa shape index (κ3) is 6.27. The third-order valence-electron chi connectivity index (χ3n) is 7.92. The molecule has 5 aromatic rings. The Labute approximate surface area is 269 Å². The monoisotopic (exact) mass is 633 g/mol. The van der Waals surface area contributed by atoms with Gasteiger partial charge in [-0.2, -0.15) is 0 Å². The Morgan fingerprint density at radius 1 is 0.804 bits per heavy atom. The van der Waals surface area contributed by atoms with Crippen molar-refractivity contribution in [1.82, 2.24) is 0 Å². The van der Waals surface area contributed by atoms with Gasteiger partial charge in [0, 0.05) is 17.9 Å². The minimum absolute atomic E-state index is 0.0140. The lowest BCUT2D eigenvalue weighted by Gasteiger charge is -2.46. The van der Waals surface area contributed by atoms with Gasteiger partial charge in [-0.3, -0.25) is 14.4 Å². The number of amides is 1. The number of rotatable bonds is 10. The Hall–Kier alpha value is -5.28. The molecule has 6 rings (SSSR count). The lowest BCUT2D eigenvalue weighted by Crippen LogP contribution is -2.49. The number of carbonyl (C=O) groups is 1. The second kappa shape index (κ2) is 13.0. The summed E-state index contributed by atoms with van der Waals surface area (Å²) in [7, 11) is -2.41. The number of hydrogen-bond acceptors (Lipinski definition) is 6. The molecule has 5 aromatic carbocycles. The van der Waals surface area contributed by atoms with E-state index in [1.807, 2.05) is 92.7 Å². The maximum atomic E-state index is 14.6. The summed E-state index contributed by atoms with van der Waals surface area (Å²) in [4.78, 5) is 18.5. The number of carbonyl (C=O) groups excluding carboxylic acids is 1. The number of fused-ring (bicyclic) bond motifs is 1. The molecule has 0 bridgehead atoms. The van der Waals surface area contributed by atoms with Crippen molar-refractivity contribution in [3.63, 3.8) is 0 Å². The van der Waals surface area contributed by atoms with E-state index in [1.54, 1.807) is 48.4 Å². The van der Waals surface area contributed by atoms with Crippen LogP contribution in [0.4, 0.5) is 17.1 Å². The highest BCUT2D eigenvalue weighted by Crippen LogP contribution is 2.43. The summed E-state index contributed by atoms with van der Waals surface area (Å²) in [6.45, 7) is 4.85. The Kier molecular flexibility index (Phi) is 8.68. The number of ether oxygens (including phenoxy) is 2. The molecule has 0 saturated carbocycles. The maximum absolute atomic E-state index is 14.6. The van der Waals surface area contributed by atoms with Gasteiger partial charge in [0.2, 0.25) is 0 Å². The highest BCUT2D eigenvalue weighted by molar-refractivity contribution is 7.92. The lowest BCUT2D eigenvalue weighted by molar-refractivity contribution is 0.0968. The summed E-state index contributed by atoms with van der Waals surface area (Å²) in [5.41, 5.74) is 4.99. The zero-order valence-corrected chi connectivity index (χ0v) is 26.7. The fourth-order valence-corrected chi connectivity index (χ4v) is 6.72. The Morgan fingerprint density at radius 3 is 2.13 bits per heavy atom. The molecule has 1 atom stereocenters. The van der Waals surface area contributed by atoms with Crippen molar-refractivity contribution in [3.05, 3.63) is 144 Å². The molecule has 234 valence electrons. The largest absolute Gasteiger partial charge is 0.497 e. The fraction of sp³-hybridized carbons (Fsp3) is 0.162. The molecule has 0 saturated heterocycles. The molecule has 0 aromatic heterocycles. The van der Waals surface area contributed by atoms with Gasteiger partial charge >= 0.3 is 0 Å². The molecule has 0 fully saturated rings. The van der Waals surface area contributed by atoms with Crippen molar-refractivity contribution in [3.8, 4) is 11.5 Å². The van der Waals surface area contributed by atoms with Gasteiger partial charge in [-0.25, -0.2) is 8.42 Å². The van der Waals surface area contributed by atoms with Gasteiger partial charge in [0.15, 0.2) is 0 Å². The zero-order chi connectivity index (χ0) is 32.3. The summed E-state index contributed by atoms with van der Waals surface area (Å²) in [5.74, 6) is 1.05. The molecule has 1 heterocycles. The molecule has 1 aliphatic rings. The highest BCUT2D eigenvalue weighted by atomic mass is 32.2. The summed E-state index contributed by atoms with van der Waals surface area (Å²) >= 11 is 0. The van der Waals surface area contributed by atoms with E-state index < -0.39 is 16.2 Å². The van der Waals surface area contributed by atoms with E-state index in [4.69, 9.17) is 9.47 Å². The van der Waals surface area contributed by atoms with Crippen LogP contribution in [0, 0.1) is 6.92 Å². The van der Waals surface area contributed by atoms with Gasteiger partial charge in [-0.1, -0.05) is 60.2 Å². The molecule has 0 aliphatic carbocycles. The lowest BCUT2D eigenvalue weighted by atomic mass is 9.98. The first kappa shape index (κ1) is 30.7. The summed E-state index contributed by atoms with van der Waals surface area (Å²) < 4.78 is 40.8. The molecular formula is C37H35N3O5S. The van der Waals surface area contributed by atoms with Crippen molar-refractivity contribution in [2.75, 3.05) is 28.2 Å². The third-order valence-corrected chi connectivity index (χ3v) is 9.30. The van der Waals surface area contributed by atoms with E-state index in [-0.39, 0.29) is 16.4 Å². The zero-order valence-electron chi connectivity index (χ0n) is 25.9. The Bertz CT molecular complexity index is 1930. The minimum Gasteiger partial charge on any atom is -0.497 e. The average molecular weight is 634 g/mol. The number of nitrogens with one attached hydrogen (secondary N) is 1.